The Kier molecular flexibility index (Phi) is 3.88. The number of ether oxygens (including phenoxy) is 1. The molecule has 1 N–H and O–H groups in total. The lowest BCUT2D eigenvalue weighted by atomic mass is 10.0. The average molecular weight is 283 g/mol. The molecule has 2 rings (SSSR count). The molecule has 3 heteroatoms. The van der Waals surface area contributed by atoms with Gasteiger partial charge in [0, 0.05) is 6.07 Å². The van der Waals surface area contributed by atoms with Crippen molar-refractivity contribution < 1.29 is 9.84 Å². The summed E-state index contributed by atoms with van der Waals surface area (Å²) >= 11 is 3.59. The first kappa shape index (κ1) is 11.5. The maximum absolute atomic E-state index is 9.30. The monoisotopic (exact) mass is 282 g/mol. The topological polar surface area (TPSA) is 29.5 Å². The summed E-state index contributed by atoms with van der Waals surface area (Å²) in [5.41, 5.74) is 1.34. The van der Waals surface area contributed by atoms with Crippen molar-refractivity contribution in [3.8, 4) is 11.5 Å². The molecule has 0 heterocycles. The van der Waals surface area contributed by atoms with Gasteiger partial charge in [-0.3, -0.25) is 0 Å². The maximum Gasteiger partial charge on any atom is 0.123 e. The van der Waals surface area contributed by atoms with Crippen LogP contribution in [0.5, 0.6) is 11.5 Å². The van der Waals surface area contributed by atoms with Gasteiger partial charge in [-0.15, -0.1) is 0 Å². The van der Waals surface area contributed by atoms with E-state index in [1.165, 1.54) is 22.9 Å². The van der Waals surface area contributed by atoms with Crippen molar-refractivity contribution in [2.45, 2.75) is 25.7 Å². The smallest absolute Gasteiger partial charge is 0.123 e. The molecule has 0 aliphatic heterocycles. The third-order valence-electron chi connectivity index (χ3n) is 2.74. The Bertz CT molecular complexity index is 399. The fourth-order valence-corrected chi connectivity index (χ4v) is 2.42. The van der Waals surface area contributed by atoms with Gasteiger partial charge >= 0.3 is 0 Å². The molecule has 1 aromatic carbocycles. The first-order chi connectivity index (χ1) is 7.75. The van der Waals surface area contributed by atoms with Crippen LogP contribution in [0.25, 0.3) is 0 Å². The van der Waals surface area contributed by atoms with Crippen molar-refractivity contribution in [3.63, 3.8) is 0 Å². The van der Waals surface area contributed by atoms with E-state index in [-0.39, 0.29) is 5.75 Å². The van der Waals surface area contributed by atoms with Crippen molar-refractivity contribution >= 4 is 15.9 Å². The zero-order chi connectivity index (χ0) is 11.4. The molecule has 0 aromatic heterocycles. The van der Waals surface area contributed by atoms with E-state index in [9.17, 15) is 5.11 Å². The van der Waals surface area contributed by atoms with Gasteiger partial charge in [0.15, 0.2) is 0 Å². The molecule has 0 saturated carbocycles. The lowest BCUT2D eigenvalue weighted by molar-refractivity contribution is 0.340. The molecule has 0 bridgehead atoms. The summed E-state index contributed by atoms with van der Waals surface area (Å²) in [4.78, 5) is 0. The quantitative estimate of drug-likeness (QED) is 0.908. The molecule has 16 heavy (non-hydrogen) atoms. The Morgan fingerprint density at radius 1 is 1.25 bits per heavy atom. The van der Waals surface area contributed by atoms with E-state index in [1.807, 2.05) is 6.07 Å². The highest BCUT2D eigenvalue weighted by Gasteiger charge is 2.10. The summed E-state index contributed by atoms with van der Waals surface area (Å²) in [6.07, 6.45) is 4.74. The van der Waals surface area contributed by atoms with Crippen molar-refractivity contribution in [1.82, 2.24) is 0 Å². The highest BCUT2D eigenvalue weighted by Crippen LogP contribution is 2.29. The van der Waals surface area contributed by atoms with E-state index >= 15 is 0 Å². The number of phenolic OH excluding ortho intramolecular Hbond substituents is 1. The van der Waals surface area contributed by atoms with Gasteiger partial charge in [-0.25, -0.2) is 0 Å². The van der Waals surface area contributed by atoms with Crippen LogP contribution < -0.4 is 4.74 Å². The maximum atomic E-state index is 9.30. The van der Waals surface area contributed by atoms with Crippen molar-refractivity contribution in [3.05, 3.63) is 34.3 Å². The Balaban J connectivity index is 1.97. The summed E-state index contributed by atoms with van der Waals surface area (Å²) in [5, 5.41) is 9.30. The molecule has 0 fully saturated rings. The van der Waals surface area contributed by atoms with E-state index in [0.717, 1.165) is 18.6 Å². The number of allylic oxidation sites excluding steroid dienone is 1. The average Bonchev–Trinajstić information content (AvgIpc) is 2.28. The minimum absolute atomic E-state index is 0.245. The summed E-state index contributed by atoms with van der Waals surface area (Å²) < 4.78 is 6.94. The van der Waals surface area contributed by atoms with E-state index in [0.29, 0.717) is 6.61 Å². The standard InChI is InChI=1S/C13H15BrO2/c14-13-7-2-1-4-10(13)9-16-12-6-3-5-11(15)8-12/h3,5-6,8,15H,1-2,4,7,9H2. The summed E-state index contributed by atoms with van der Waals surface area (Å²) in [6, 6.07) is 6.92. The second-order valence-electron chi connectivity index (χ2n) is 4.00. The SMILES string of the molecule is Oc1cccc(OCC2=C(Br)CCCC2)c1. The van der Waals surface area contributed by atoms with Crippen LogP contribution in [0.3, 0.4) is 0 Å². The largest absolute Gasteiger partial charge is 0.508 e. The van der Waals surface area contributed by atoms with Crippen LogP contribution in [-0.2, 0) is 0 Å². The summed E-state index contributed by atoms with van der Waals surface area (Å²) in [6.45, 7) is 0.615. The predicted octanol–water partition coefficient (Wildman–Crippen LogP) is 3.99. The fraction of sp³-hybridized carbons (Fsp3) is 0.385. The van der Waals surface area contributed by atoms with Gasteiger partial charge in [0.2, 0.25) is 0 Å². The number of halogens is 1. The van der Waals surface area contributed by atoms with Crippen molar-refractivity contribution in [2.24, 2.45) is 0 Å². The Labute approximate surface area is 104 Å². The predicted molar refractivity (Wildman–Crippen MR) is 68.0 cm³/mol. The highest BCUT2D eigenvalue weighted by atomic mass is 79.9. The third-order valence-corrected chi connectivity index (χ3v) is 3.70. The second kappa shape index (κ2) is 5.39. The summed E-state index contributed by atoms with van der Waals surface area (Å²) in [5.74, 6) is 0.965. The zero-order valence-electron chi connectivity index (χ0n) is 9.08. The second-order valence-corrected chi connectivity index (χ2v) is 4.96. The van der Waals surface area contributed by atoms with E-state index < -0.39 is 0 Å². The number of hydrogen-bond acceptors (Lipinski definition) is 2. The molecule has 0 radical (unpaired) electrons. The van der Waals surface area contributed by atoms with Crippen molar-refractivity contribution in [1.29, 1.82) is 0 Å². The Morgan fingerprint density at radius 2 is 2.06 bits per heavy atom. The molecule has 1 aromatic rings. The highest BCUT2D eigenvalue weighted by molar-refractivity contribution is 9.11. The molecular weight excluding hydrogens is 268 g/mol. The van der Waals surface area contributed by atoms with Crippen LogP contribution in [0.15, 0.2) is 34.3 Å². The number of hydrogen-bond donors (Lipinski definition) is 1. The van der Waals surface area contributed by atoms with Crippen molar-refractivity contribution in [2.75, 3.05) is 6.61 Å². The number of aromatic hydroxyl groups is 1. The van der Waals surface area contributed by atoms with Crippen LogP contribution in [-0.4, -0.2) is 11.7 Å². The van der Waals surface area contributed by atoms with Crippen LogP contribution in [0.1, 0.15) is 25.7 Å². The molecular formula is C13H15BrO2. The van der Waals surface area contributed by atoms with Gasteiger partial charge in [-0.05, 0) is 47.9 Å². The van der Waals surface area contributed by atoms with Crippen LogP contribution in [0.4, 0.5) is 0 Å². The van der Waals surface area contributed by atoms with Gasteiger partial charge in [-0.1, -0.05) is 22.0 Å². The van der Waals surface area contributed by atoms with E-state index in [2.05, 4.69) is 15.9 Å². The zero-order valence-corrected chi connectivity index (χ0v) is 10.7. The fourth-order valence-electron chi connectivity index (χ4n) is 1.83. The first-order valence-electron chi connectivity index (χ1n) is 5.54. The molecule has 0 amide bonds. The molecule has 0 atom stereocenters. The van der Waals surface area contributed by atoms with E-state index in [4.69, 9.17) is 4.74 Å². The van der Waals surface area contributed by atoms with Crippen LogP contribution in [0, 0.1) is 0 Å². The Hall–Kier alpha value is -0.960. The number of phenols is 1. The molecule has 2 nitrogen and oxygen atoms in total. The molecule has 0 saturated heterocycles. The molecule has 86 valence electrons. The lowest BCUT2D eigenvalue weighted by Crippen LogP contribution is -2.06. The molecule has 1 aliphatic carbocycles. The molecule has 0 spiro atoms. The van der Waals surface area contributed by atoms with Gasteiger partial charge in [-0.2, -0.15) is 0 Å². The molecule has 1 aliphatic rings. The van der Waals surface area contributed by atoms with Gasteiger partial charge in [0.1, 0.15) is 18.1 Å². The summed E-state index contributed by atoms with van der Waals surface area (Å²) in [7, 11) is 0. The Morgan fingerprint density at radius 3 is 2.81 bits per heavy atom. The first-order valence-corrected chi connectivity index (χ1v) is 6.33. The molecule has 0 unspecified atom stereocenters. The van der Waals surface area contributed by atoms with Gasteiger partial charge in [0.05, 0.1) is 0 Å². The minimum Gasteiger partial charge on any atom is -0.508 e. The van der Waals surface area contributed by atoms with Gasteiger partial charge in [0.25, 0.3) is 0 Å². The van der Waals surface area contributed by atoms with E-state index in [1.54, 1.807) is 18.2 Å². The minimum atomic E-state index is 0.245. The van der Waals surface area contributed by atoms with Crippen LogP contribution in [0.2, 0.25) is 0 Å². The van der Waals surface area contributed by atoms with Crippen LogP contribution >= 0.6 is 15.9 Å². The number of benzene rings is 1. The third kappa shape index (κ3) is 3.01. The van der Waals surface area contributed by atoms with Gasteiger partial charge < -0.3 is 9.84 Å². The lowest BCUT2D eigenvalue weighted by Gasteiger charge is -2.17. The number of rotatable bonds is 3. The normalized spacial score (nSPS) is 16.3.